The molecule has 8 nitrogen and oxygen atoms in total. The number of amides is 1. The molecule has 4 rings (SSSR count). The van der Waals surface area contributed by atoms with Crippen molar-refractivity contribution in [2.75, 3.05) is 26.0 Å². The van der Waals surface area contributed by atoms with Gasteiger partial charge in [-0.05, 0) is 41.1 Å². The highest BCUT2D eigenvalue weighted by molar-refractivity contribution is 6.38. The Balaban J connectivity index is 1.58. The number of benzene rings is 3. The highest BCUT2D eigenvalue weighted by Crippen LogP contribution is 2.31. The molecule has 0 unspecified atom stereocenters. The number of nitrogens with two attached hydrogens (primary N) is 2. The number of aldehydes is 1. The molecule has 3 aromatic rings. The van der Waals surface area contributed by atoms with Crippen molar-refractivity contribution >= 4 is 52.0 Å². The zero-order valence-electron chi connectivity index (χ0n) is 22.1. The van der Waals surface area contributed by atoms with Crippen molar-refractivity contribution in [2.45, 2.75) is 12.8 Å². The van der Waals surface area contributed by atoms with E-state index in [-0.39, 0.29) is 23.0 Å². The standard InChI is InChI=1S/C31H32N6O2/c1-34-26-18-21-9-5-6-10-22(21)19-27(26)36-28(20-38)30(33)29(32)23-11-8-12-24(17-23)31(39)37(2)16-14-25-13-4-3-7-15-35-25/h3-6,8-13,15,17-20,34H,7,14,16,32-33H2,1-2H3/b30-29+,36-28?. The fourth-order valence-corrected chi connectivity index (χ4v) is 4.20. The number of nitrogens with one attached hydrogen (secondary N) is 1. The van der Waals surface area contributed by atoms with Crippen LogP contribution in [0.1, 0.15) is 28.8 Å². The topological polar surface area (TPSA) is 126 Å². The van der Waals surface area contributed by atoms with Crippen molar-refractivity contribution in [1.82, 2.24) is 4.90 Å². The average molecular weight is 521 g/mol. The number of hydrogen-bond acceptors (Lipinski definition) is 7. The summed E-state index contributed by atoms with van der Waals surface area (Å²) in [5.74, 6) is -0.156. The first-order chi connectivity index (χ1) is 18.9. The summed E-state index contributed by atoms with van der Waals surface area (Å²) in [6.45, 7) is 0.509. The largest absolute Gasteiger partial charge is 0.397 e. The fraction of sp³-hybridized carbons (Fsp3) is 0.161. The summed E-state index contributed by atoms with van der Waals surface area (Å²) in [5, 5.41) is 5.13. The molecule has 1 heterocycles. The number of allylic oxidation sites excluding steroid dienone is 4. The third-order valence-corrected chi connectivity index (χ3v) is 6.45. The molecule has 0 saturated heterocycles. The van der Waals surface area contributed by atoms with Crippen molar-refractivity contribution < 1.29 is 9.59 Å². The Morgan fingerprint density at radius 2 is 1.82 bits per heavy atom. The van der Waals surface area contributed by atoms with E-state index in [4.69, 9.17) is 11.5 Å². The molecule has 0 fully saturated rings. The number of anilines is 1. The molecule has 1 amide bonds. The van der Waals surface area contributed by atoms with Crippen molar-refractivity contribution in [3.05, 3.63) is 101 Å². The second-order valence-electron chi connectivity index (χ2n) is 9.10. The van der Waals surface area contributed by atoms with Crippen LogP contribution in [0.4, 0.5) is 11.4 Å². The molecule has 39 heavy (non-hydrogen) atoms. The highest BCUT2D eigenvalue weighted by atomic mass is 16.2. The van der Waals surface area contributed by atoms with Crippen LogP contribution < -0.4 is 16.8 Å². The molecule has 0 bridgehead atoms. The van der Waals surface area contributed by atoms with Gasteiger partial charge in [0.2, 0.25) is 0 Å². The normalized spacial score (nSPS) is 13.9. The van der Waals surface area contributed by atoms with E-state index in [1.807, 2.05) is 60.8 Å². The van der Waals surface area contributed by atoms with E-state index in [0.29, 0.717) is 36.1 Å². The minimum Gasteiger partial charge on any atom is -0.397 e. The molecule has 5 N–H and O–H groups in total. The molecule has 0 spiro atoms. The summed E-state index contributed by atoms with van der Waals surface area (Å²) in [4.78, 5) is 35.8. The minimum absolute atomic E-state index is 0.000548. The van der Waals surface area contributed by atoms with Crippen LogP contribution in [-0.4, -0.2) is 49.7 Å². The third kappa shape index (κ3) is 6.48. The van der Waals surface area contributed by atoms with Crippen LogP contribution in [-0.2, 0) is 4.79 Å². The van der Waals surface area contributed by atoms with Crippen molar-refractivity contribution in [3.8, 4) is 0 Å². The average Bonchev–Trinajstić information content (AvgIpc) is 3.26. The Hall–Kier alpha value is -4.98. The molecule has 0 aliphatic carbocycles. The van der Waals surface area contributed by atoms with Crippen molar-refractivity contribution in [3.63, 3.8) is 0 Å². The Morgan fingerprint density at radius 1 is 1.08 bits per heavy atom. The lowest BCUT2D eigenvalue weighted by Crippen LogP contribution is -2.28. The molecule has 0 aromatic heterocycles. The maximum Gasteiger partial charge on any atom is 0.253 e. The van der Waals surface area contributed by atoms with Crippen LogP contribution in [0.25, 0.3) is 16.5 Å². The number of aliphatic imine (C=N–C) groups is 2. The predicted octanol–water partition coefficient (Wildman–Crippen LogP) is 4.82. The van der Waals surface area contributed by atoms with Gasteiger partial charge in [0.1, 0.15) is 5.71 Å². The molecule has 0 saturated carbocycles. The number of carbonyl (C=O) groups is 2. The van der Waals surface area contributed by atoms with E-state index < -0.39 is 0 Å². The van der Waals surface area contributed by atoms with Gasteiger partial charge in [-0.1, -0.05) is 48.6 Å². The SMILES string of the molecule is CNc1cc2ccccc2cc1N=C(C=O)/C(N)=C(\N)c1cccc(C(=O)N(C)CCC2=CC=CCC=N2)c1. The first-order valence-electron chi connectivity index (χ1n) is 12.7. The van der Waals surface area contributed by atoms with Gasteiger partial charge in [-0.25, -0.2) is 4.99 Å². The van der Waals surface area contributed by atoms with E-state index in [1.165, 1.54) is 0 Å². The van der Waals surface area contributed by atoms with Crippen LogP contribution in [0.3, 0.4) is 0 Å². The fourth-order valence-electron chi connectivity index (χ4n) is 4.20. The summed E-state index contributed by atoms with van der Waals surface area (Å²) in [6.07, 6.45) is 9.85. The smallest absolute Gasteiger partial charge is 0.253 e. The molecule has 8 heteroatoms. The van der Waals surface area contributed by atoms with Crippen LogP contribution in [0.2, 0.25) is 0 Å². The van der Waals surface area contributed by atoms with Gasteiger partial charge in [0.25, 0.3) is 5.91 Å². The predicted molar refractivity (Wildman–Crippen MR) is 160 cm³/mol. The summed E-state index contributed by atoms with van der Waals surface area (Å²) in [6, 6.07) is 18.6. The van der Waals surface area contributed by atoms with Crippen LogP contribution in [0.5, 0.6) is 0 Å². The lowest BCUT2D eigenvalue weighted by atomic mass is 10.0. The Kier molecular flexibility index (Phi) is 8.68. The van der Waals surface area contributed by atoms with E-state index in [2.05, 4.69) is 15.3 Å². The van der Waals surface area contributed by atoms with Crippen LogP contribution in [0, 0.1) is 0 Å². The maximum atomic E-state index is 13.1. The van der Waals surface area contributed by atoms with Gasteiger partial charge < -0.3 is 21.7 Å². The van der Waals surface area contributed by atoms with Crippen molar-refractivity contribution in [1.29, 1.82) is 0 Å². The molecule has 3 aromatic carbocycles. The zero-order valence-corrected chi connectivity index (χ0v) is 22.1. The lowest BCUT2D eigenvalue weighted by molar-refractivity contribution is -0.102. The Labute approximate surface area is 228 Å². The summed E-state index contributed by atoms with van der Waals surface area (Å²) < 4.78 is 0. The van der Waals surface area contributed by atoms with Gasteiger partial charge in [0.05, 0.1) is 22.8 Å². The highest BCUT2D eigenvalue weighted by Gasteiger charge is 2.16. The Morgan fingerprint density at radius 3 is 2.56 bits per heavy atom. The zero-order chi connectivity index (χ0) is 27.8. The third-order valence-electron chi connectivity index (χ3n) is 6.45. The van der Waals surface area contributed by atoms with Gasteiger partial charge in [0.15, 0.2) is 6.29 Å². The minimum atomic E-state index is -0.156. The second kappa shape index (κ2) is 12.5. The van der Waals surface area contributed by atoms with Gasteiger partial charge >= 0.3 is 0 Å². The first-order valence-corrected chi connectivity index (χ1v) is 12.7. The van der Waals surface area contributed by atoms with E-state index in [0.717, 1.165) is 28.6 Å². The maximum absolute atomic E-state index is 13.1. The summed E-state index contributed by atoms with van der Waals surface area (Å²) in [7, 11) is 3.54. The first kappa shape index (κ1) is 27.1. The lowest BCUT2D eigenvalue weighted by Gasteiger charge is -2.18. The molecule has 1 aliphatic rings. The second-order valence-corrected chi connectivity index (χ2v) is 9.10. The van der Waals surface area contributed by atoms with E-state index in [9.17, 15) is 9.59 Å². The van der Waals surface area contributed by atoms with Gasteiger partial charge in [0, 0.05) is 56.5 Å². The van der Waals surface area contributed by atoms with Gasteiger partial charge in [-0.3, -0.25) is 14.6 Å². The molecule has 1 aliphatic heterocycles. The van der Waals surface area contributed by atoms with Crippen LogP contribution >= 0.6 is 0 Å². The number of rotatable bonds is 9. The molecule has 0 atom stereocenters. The number of carbonyl (C=O) groups excluding carboxylic acids is 2. The quantitative estimate of drug-likeness (QED) is 0.276. The summed E-state index contributed by atoms with van der Waals surface area (Å²) in [5.41, 5.74) is 16.1. The Bertz CT molecular complexity index is 1550. The molecular formula is C31H32N6O2. The monoisotopic (exact) mass is 520 g/mol. The molecular weight excluding hydrogens is 488 g/mol. The molecule has 198 valence electrons. The molecule has 0 radical (unpaired) electrons. The van der Waals surface area contributed by atoms with Crippen molar-refractivity contribution in [2.24, 2.45) is 21.5 Å². The van der Waals surface area contributed by atoms with E-state index in [1.54, 1.807) is 43.3 Å². The number of hydrogen-bond donors (Lipinski definition) is 3. The van der Waals surface area contributed by atoms with E-state index >= 15 is 0 Å². The van der Waals surface area contributed by atoms with Gasteiger partial charge in [-0.15, -0.1) is 0 Å². The number of nitrogens with zero attached hydrogens (tertiary/aromatic N) is 3. The summed E-state index contributed by atoms with van der Waals surface area (Å²) >= 11 is 0. The van der Waals surface area contributed by atoms with Gasteiger partial charge in [-0.2, -0.15) is 0 Å². The van der Waals surface area contributed by atoms with Crippen LogP contribution in [0.15, 0.2) is 100 Å². The number of fused-ring (bicyclic) bond motifs is 1.